The van der Waals surface area contributed by atoms with Gasteiger partial charge in [-0.3, -0.25) is 0 Å². The Labute approximate surface area is 310 Å². The van der Waals surface area contributed by atoms with Crippen molar-refractivity contribution in [3.8, 4) is 51.7 Å². The van der Waals surface area contributed by atoms with Gasteiger partial charge in [-0.2, -0.15) is 0 Å². The molecular weight excluding hydrogens is 716 g/mol. The van der Waals surface area contributed by atoms with Gasteiger partial charge in [-0.1, -0.05) is 0 Å². The van der Waals surface area contributed by atoms with Crippen molar-refractivity contribution in [1.82, 2.24) is 0 Å². The zero-order valence-electron chi connectivity index (χ0n) is 30.5. The van der Waals surface area contributed by atoms with Crippen LogP contribution in [0.2, 0.25) is 0 Å². The van der Waals surface area contributed by atoms with Crippen LogP contribution in [0.5, 0.6) is 51.7 Å². The Kier molecular flexibility index (Phi) is 12.7. The maximum atomic E-state index is 13.0. The summed E-state index contributed by atoms with van der Waals surface area (Å²) in [4.78, 5) is 13.0. The SMILES string of the molecule is COc1cc(C(=O)OC[C@H]2O[C@@H](OC[C@H]3[C@H](CO)Cc4cc(OC)c(O)c(OC)c4[C@@H]3c3cc(OC)c(O)c(OC)c3)[C@H](O)[C@@H](O)[C@@H]2O)cc(OC)c1O. The number of aliphatic hydroxyl groups is 4. The van der Waals surface area contributed by atoms with Crippen molar-refractivity contribution in [1.29, 1.82) is 0 Å². The van der Waals surface area contributed by atoms with Crippen molar-refractivity contribution >= 4 is 5.97 Å². The number of aromatic hydroxyl groups is 3. The van der Waals surface area contributed by atoms with Gasteiger partial charge in [-0.05, 0) is 59.7 Å². The van der Waals surface area contributed by atoms with Gasteiger partial charge in [0.1, 0.15) is 31.0 Å². The second-order valence-electron chi connectivity index (χ2n) is 12.8. The van der Waals surface area contributed by atoms with Gasteiger partial charge < -0.3 is 78.4 Å². The van der Waals surface area contributed by atoms with Crippen molar-refractivity contribution in [3.63, 3.8) is 0 Å². The Morgan fingerprint density at radius 3 is 1.76 bits per heavy atom. The first kappa shape index (κ1) is 40.3. The van der Waals surface area contributed by atoms with Crippen LogP contribution in [0.1, 0.15) is 33.0 Å². The number of rotatable bonds is 14. The molecule has 8 atom stereocenters. The van der Waals surface area contributed by atoms with Gasteiger partial charge in [-0.15, -0.1) is 0 Å². The molecule has 296 valence electrons. The summed E-state index contributed by atoms with van der Waals surface area (Å²) in [6, 6.07) is 7.26. The van der Waals surface area contributed by atoms with Gasteiger partial charge in [0.15, 0.2) is 40.8 Å². The average molecular weight is 763 g/mol. The quantitative estimate of drug-likeness (QED) is 0.115. The van der Waals surface area contributed by atoms with Crippen LogP contribution in [0.4, 0.5) is 0 Å². The van der Waals surface area contributed by atoms with Crippen LogP contribution in [0.3, 0.4) is 0 Å². The Hall–Kier alpha value is -4.91. The number of hydrogen-bond donors (Lipinski definition) is 7. The molecule has 0 radical (unpaired) electrons. The Morgan fingerprint density at radius 1 is 0.704 bits per heavy atom. The smallest absolute Gasteiger partial charge is 0.338 e. The van der Waals surface area contributed by atoms with Crippen molar-refractivity contribution in [2.24, 2.45) is 11.8 Å². The Bertz CT molecular complexity index is 1750. The summed E-state index contributed by atoms with van der Waals surface area (Å²) in [5.74, 6) is -3.35. The number of carbonyl (C=O) groups is 1. The van der Waals surface area contributed by atoms with Gasteiger partial charge in [0.2, 0.25) is 17.2 Å². The predicted molar refractivity (Wildman–Crippen MR) is 186 cm³/mol. The highest BCUT2D eigenvalue weighted by Crippen LogP contribution is 2.54. The first-order valence-corrected chi connectivity index (χ1v) is 16.8. The molecule has 7 N–H and O–H groups in total. The Morgan fingerprint density at radius 2 is 1.24 bits per heavy atom. The molecule has 3 aromatic carbocycles. The fourth-order valence-corrected chi connectivity index (χ4v) is 7.07. The number of hydrogen-bond acceptors (Lipinski definition) is 17. The molecule has 1 fully saturated rings. The number of phenols is 3. The molecule has 0 bridgehead atoms. The molecule has 2 aliphatic rings. The summed E-state index contributed by atoms with van der Waals surface area (Å²) >= 11 is 0. The summed E-state index contributed by atoms with van der Waals surface area (Å²) in [7, 11) is 8.09. The molecule has 0 spiro atoms. The molecule has 1 saturated heterocycles. The molecule has 0 aromatic heterocycles. The highest BCUT2D eigenvalue weighted by atomic mass is 16.7. The van der Waals surface area contributed by atoms with Gasteiger partial charge in [0.05, 0.1) is 54.8 Å². The van der Waals surface area contributed by atoms with E-state index in [4.69, 9.17) is 42.6 Å². The third kappa shape index (κ3) is 7.55. The van der Waals surface area contributed by atoms with Crippen LogP contribution in [0.25, 0.3) is 0 Å². The molecule has 1 heterocycles. The largest absolute Gasteiger partial charge is 0.502 e. The molecule has 1 aliphatic carbocycles. The number of esters is 1. The van der Waals surface area contributed by atoms with E-state index in [1.807, 2.05) is 0 Å². The lowest BCUT2D eigenvalue weighted by Gasteiger charge is -2.43. The topological polar surface area (TPSA) is 242 Å². The number of benzene rings is 3. The van der Waals surface area contributed by atoms with Crippen LogP contribution in [-0.2, 0) is 20.6 Å². The van der Waals surface area contributed by atoms with E-state index in [9.17, 15) is 40.5 Å². The van der Waals surface area contributed by atoms with E-state index in [-0.39, 0.29) is 76.9 Å². The number of aliphatic hydroxyl groups excluding tert-OH is 4. The first-order chi connectivity index (χ1) is 25.9. The van der Waals surface area contributed by atoms with Gasteiger partial charge in [-0.25, -0.2) is 4.79 Å². The zero-order valence-corrected chi connectivity index (χ0v) is 30.5. The van der Waals surface area contributed by atoms with Crippen LogP contribution < -0.4 is 28.4 Å². The number of carbonyl (C=O) groups excluding carboxylic acids is 1. The van der Waals surface area contributed by atoms with E-state index in [1.54, 1.807) is 18.2 Å². The Balaban J connectivity index is 1.46. The van der Waals surface area contributed by atoms with Crippen molar-refractivity contribution in [2.45, 2.75) is 43.0 Å². The predicted octanol–water partition coefficient (Wildman–Crippen LogP) is 1.45. The molecule has 3 aromatic rings. The molecule has 54 heavy (non-hydrogen) atoms. The van der Waals surface area contributed by atoms with E-state index in [2.05, 4.69) is 0 Å². The minimum absolute atomic E-state index is 0.0526. The van der Waals surface area contributed by atoms with Crippen LogP contribution in [-0.4, -0.2) is 135 Å². The normalized spacial score (nSPS) is 24.9. The van der Waals surface area contributed by atoms with Crippen LogP contribution in [0, 0.1) is 11.8 Å². The minimum atomic E-state index is -1.78. The molecule has 5 rings (SSSR count). The maximum absolute atomic E-state index is 13.0. The molecule has 1 aliphatic heterocycles. The minimum Gasteiger partial charge on any atom is -0.502 e. The number of ether oxygens (including phenoxy) is 9. The lowest BCUT2D eigenvalue weighted by Crippen LogP contribution is -2.59. The van der Waals surface area contributed by atoms with Crippen molar-refractivity contribution in [2.75, 3.05) is 62.5 Å². The summed E-state index contributed by atoms with van der Waals surface area (Å²) in [5.41, 5.74) is 1.67. The third-order valence-corrected chi connectivity index (χ3v) is 9.91. The molecule has 0 saturated carbocycles. The molecule has 0 amide bonds. The van der Waals surface area contributed by atoms with E-state index in [1.165, 1.54) is 54.8 Å². The van der Waals surface area contributed by atoms with Crippen LogP contribution >= 0.6 is 0 Å². The molecule has 0 unspecified atom stereocenters. The summed E-state index contributed by atoms with van der Waals surface area (Å²) < 4.78 is 49.5. The lowest BCUT2D eigenvalue weighted by molar-refractivity contribution is -0.304. The van der Waals surface area contributed by atoms with E-state index in [0.29, 0.717) is 16.7 Å². The highest BCUT2D eigenvalue weighted by Gasteiger charge is 2.47. The van der Waals surface area contributed by atoms with Gasteiger partial charge in [0.25, 0.3) is 0 Å². The summed E-state index contributed by atoms with van der Waals surface area (Å²) in [6.45, 7) is -1.15. The second kappa shape index (κ2) is 17.0. The monoisotopic (exact) mass is 762 g/mol. The molecule has 17 nitrogen and oxygen atoms in total. The zero-order chi connectivity index (χ0) is 39.4. The standard InChI is InChI=1S/C37H46O17/c1-46-21-9-17(10-22(47-2)29(21)39)27-20(19(13-38)7-16-8-25(50-5)32(42)35(51-6)28(16)27)14-53-37-34(44)33(43)31(41)26(54-37)15-52-36(45)18-11-23(48-3)30(40)24(12-18)49-4/h8-12,19-20,26-27,31,33-34,37-44H,7,13-15H2,1-6H3/t19-,20-,26+,27+,31+,33-,34+,37+/m0/s1. The number of phenolic OH excluding ortho intramolecular Hbond substituents is 3. The summed E-state index contributed by atoms with van der Waals surface area (Å²) in [6.07, 6.45) is -7.89. The van der Waals surface area contributed by atoms with Crippen LogP contribution in [0.15, 0.2) is 30.3 Å². The third-order valence-electron chi connectivity index (χ3n) is 9.91. The fourth-order valence-electron chi connectivity index (χ4n) is 7.07. The first-order valence-electron chi connectivity index (χ1n) is 16.8. The highest BCUT2D eigenvalue weighted by molar-refractivity contribution is 5.91. The van der Waals surface area contributed by atoms with E-state index >= 15 is 0 Å². The number of methoxy groups -OCH3 is 6. The lowest BCUT2D eigenvalue weighted by atomic mass is 9.66. The van der Waals surface area contributed by atoms with Crippen molar-refractivity contribution < 1.29 is 83.2 Å². The second-order valence-corrected chi connectivity index (χ2v) is 12.8. The fraction of sp³-hybridized carbons (Fsp3) is 0.486. The van der Waals surface area contributed by atoms with Crippen molar-refractivity contribution in [3.05, 3.63) is 52.6 Å². The van der Waals surface area contributed by atoms with Gasteiger partial charge in [0, 0.05) is 18.1 Å². The number of fused-ring (bicyclic) bond motifs is 1. The molecule has 17 heteroatoms. The molecular formula is C37H46O17. The maximum Gasteiger partial charge on any atom is 0.338 e. The van der Waals surface area contributed by atoms with E-state index in [0.717, 1.165) is 0 Å². The average Bonchev–Trinajstić information content (AvgIpc) is 3.18. The summed E-state index contributed by atoms with van der Waals surface area (Å²) in [5, 5.41) is 75.3. The van der Waals surface area contributed by atoms with E-state index < -0.39 is 61.0 Å². The van der Waals surface area contributed by atoms with Gasteiger partial charge >= 0.3 is 5.97 Å².